The molecule has 144 valence electrons. The molecule has 1 aromatic carbocycles. The molecule has 1 aromatic heterocycles. The summed E-state index contributed by atoms with van der Waals surface area (Å²) in [6, 6.07) is 3.27. The normalized spacial score (nSPS) is 14.9. The van der Waals surface area contributed by atoms with E-state index in [0.29, 0.717) is 22.7 Å². The topological polar surface area (TPSA) is 114 Å². The molecule has 0 saturated heterocycles. The summed E-state index contributed by atoms with van der Waals surface area (Å²) in [4.78, 5) is 19.9. The van der Waals surface area contributed by atoms with Gasteiger partial charge in [0.05, 0.1) is 31.8 Å². The van der Waals surface area contributed by atoms with Crippen molar-refractivity contribution < 1.29 is 17.9 Å². The average molecular weight is 432 g/mol. The minimum atomic E-state index is -3.62. The van der Waals surface area contributed by atoms with Crippen molar-refractivity contribution >= 4 is 56.3 Å². The van der Waals surface area contributed by atoms with E-state index in [9.17, 15) is 13.2 Å². The quantitative estimate of drug-likeness (QED) is 0.713. The van der Waals surface area contributed by atoms with Crippen molar-refractivity contribution in [2.45, 2.75) is 6.54 Å². The predicted molar refractivity (Wildman–Crippen MR) is 102 cm³/mol. The summed E-state index contributed by atoms with van der Waals surface area (Å²) < 4.78 is 30.5. The molecule has 0 bridgehead atoms. The second-order valence-electron chi connectivity index (χ2n) is 5.71. The fraction of sp³-hybridized carbons (Fsp3) is 0.267. The number of hydrogen-bond acceptors (Lipinski definition) is 7. The lowest BCUT2D eigenvalue weighted by Gasteiger charge is -2.21. The Labute approximate surface area is 165 Å². The van der Waals surface area contributed by atoms with E-state index in [0.717, 1.165) is 10.6 Å². The molecule has 9 nitrogen and oxygen atoms in total. The molecule has 0 atom stereocenters. The van der Waals surface area contributed by atoms with E-state index in [1.807, 2.05) is 0 Å². The highest BCUT2D eigenvalue weighted by Gasteiger charge is 2.28. The Morgan fingerprint density at radius 2 is 2.04 bits per heavy atom. The van der Waals surface area contributed by atoms with Crippen LogP contribution in [0.25, 0.3) is 0 Å². The molecule has 3 rings (SSSR count). The van der Waals surface area contributed by atoms with Gasteiger partial charge in [0.2, 0.25) is 21.2 Å². The molecule has 2 heterocycles. The molecule has 2 N–H and O–H groups in total. The Balaban J connectivity index is 2.15. The van der Waals surface area contributed by atoms with Gasteiger partial charge in [-0.05, 0) is 23.7 Å². The number of sulfonamides is 1. The summed E-state index contributed by atoms with van der Waals surface area (Å²) in [5.74, 6) is 0.174. The third kappa shape index (κ3) is 4.24. The van der Waals surface area contributed by atoms with E-state index < -0.39 is 15.9 Å². The molecule has 0 unspecified atom stereocenters. The summed E-state index contributed by atoms with van der Waals surface area (Å²) in [6.07, 6.45) is 2.37. The second kappa shape index (κ2) is 7.47. The van der Waals surface area contributed by atoms with Crippen molar-refractivity contribution in [3.8, 4) is 5.75 Å². The number of hydrogen-bond donors (Lipinski definition) is 2. The Kier molecular flexibility index (Phi) is 5.43. The van der Waals surface area contributed by atoms with Crippen LogP contribution in [0.3, 0.4) is 0 Å². The van der Waals surface area contributed by atoms with Crippen LogP contribution >= 0.6 is 23.2 Å². The monoisotopic (exact) mass is 431 g/mol. The number of halogens is 2. The molecule has 0 spiro atoms. The lowest BCUT2D eigenvalue weighted by atomic mass is 10.1. The number of anilines is 3. The van der Waals surface area contributed by atoms with Crippen LogP contribution in [0.1, 0.15) is 5.56 Å². The molecule has 1 amide bonds. The van der Waals surface area contributed by atoms with Gasteiger partial charge >= 0.3 is 0 Å². The maximum atomic E-state index is 12.1. The van der Waals surface area contributed by atoms with Gasteiger partial charge in [-0.15, -0.1) is 0 Å². The Bertz CT molecular complexity index is 1020. The first kappa shape index (κ1) is 19.6. The Morgan fingerprint density at radius 1 is 1.30 bits per heavy atom. The standard InChI is InChI=1S/C15H15Cl2N5O4S/c1-26-11-4-3-10-8(6-22(27(2,24)25)7-12(23)19-10)13(11)20-14-9(16)5-18-15(17)21-14/h3-5H,6-7H2,1-2H3,(H,19,23)(H,18,20,21). The largest absolute Gasteiger partial charge is 0.495 e. The molecule has 27 heavy (non-hydrogen) atoms. The summed E-state index contributed by atoms with van der Waals surface area (Å²) in [7, 11) is -2.15. The minimum absolute atomic E-state index is 0.0195. The smallest absolute Gasteiger partial charge is 0.239 e. The van der Waals surface area contributed by atoms with Crippen LogP contribution in [0.2, 0.25) is 10.3 Å². The van der Waals surface area contributed by atoms with Crippen molar-refractivity contribution in [2.75, 3.05) is 30.5 Å². The third-order valence-corrected chi connectivity index (χ3v) is 5.51. The Hall–Kier alpha value is -2.14. The minimum Gasteiger partial charge on any atom is -0.495 e. The van der Waals surface area contributed by atoms with Gasteiger partial charge in [0.25, 0.3) is 0 Å². The predicted octanol–water partition coefficient (Wildman–Crippen LogP) is 2.25. The van der Waals surface area contributed by atoms with E-state index >= 15 is 0 Å². The Morgan fingerprint density at radius 3 is 2.70 bits per heavy atom. The van der Waals surface area contributed by atoms with Gasteiger partial charge in [0, 0.05) is 17.8 Å². The van der Waals surface area contributed by atoms with Gasteiger partial charge in [-0.2, -0.15) is 9.29 Å². The highest BCUT2D eigenvalue weighted by molar-refractivity contribution is 7.88. The zero-order valence-corrected chi connectivity index (χ0v) is 16.6. The average Bonchev–Trinajstić information content (AvgIpc) is 2.76. The second-order valence-corrected chi connectivity index (χ2v) is 8.44. The van der Waals surface area contributed by atoms with Crippen LogP contribution in [0.4, 0.5) is 17.2 Å². The molecular weight excluding hydrogens is 417 g/mol. The highest BCUT2D eigenvalue weighted by Crippen LogP contribution is 2.39. The first-order valence-corrected chi connectivity index (χ1v) is 10.2. The van der Waals surface area contributed by atoms with Crippen LogP contribution in [0.15, 0.2) is 18.3 Å². The summed E-state index contributed by atoms with van der Waals surface area (Å²) in [6.45, 7) is -0.349. The number of fused-ring (bicyclic) bond motifs is 1. The molecule has 2 aromatic rings. The molecule has 1 aliphatic heterocycles. The van der Waals surface area contributed by atoms with E-state index in [-0.39, 0.29) is 29.2 Å². The summed E-state index contributed by atoms with van der Waals surface area (Å²) in [5, 5.41) is 5.89. The van der Waals surface area contributed by atoms with Gasteiger partial charge in [0.15, 0.2) is 5.82 Å². The van der Waals surface area contributed by atoms with E-state index in [4.69, 9.17) is 27.9 Å². The first-order chi connectivity index (χ1) is 12.7. The first-order valence-electron chi connectivity index (χ1n) is 7.59. The van der Waals surface area contributed by atoms with Gasteiger partial charge in [-0.1, -0.05) is 11.6 Å². The zero-order chi connectivity index (χ0) is 19.8. The molecule has 0 radical (unpaired) electrons. The lowest BCUT2D eigenvalue weighted by Crippen LogP contribution is -2.34. The van der Waals surface area contributed by atoms with E-state index in [2.05, 4.69) is 20.6 Å². The van der Waals surface area contributed by atoms with Crippen LogP contribution in [-0.2, 0) is 21.4 Å². The third-order valence-electron chi connectivity index (χ3n) is 3.85. The molecule has 0 fully saturated rings. The number of benzene rings is 1. The lowest BCUT2D eigenvalue weighted by molar-refractivity contribution is -0.116. The maximum Gasteiger partial charge on any atom is 0.239 e. The number of carbonyl (C=O) groups excluding carboxylic acids is 1. The number of rotatable bonds is 4. The number of methoxy groups -OCH3 is 1. The van der Waals surface area contributed by atoms with Crippen LogP contribution < -0.4 is 15.4 Å². The van der Waals surface area contributed by atoms with Gasteiger partial charge < -0.3 is 15.4 Å². The summed E-state index contributed by atoms with van der Waals surface area (Å²) in [5.41, 5.74) is 1.35. The van der Waals surface area contributed by atoms with E-state index in [1.54, 1.807) is 12.1 Å². The SMILES string of the molecule is COc1ccc2c(c1Nc1nc(Cl)ncc1Cl)CN(S(C)(=O)=O)CC(=O)N2. The molecular formula is C15H15Cl2N5O4S. The number of ether oxygens (including phenoxy) is 1. The van der Waals surface area contributed by atoms with Gasteiger partial charge in [-0.25, -0.2) is 13.4 Å². The number of carbonyl (C=O) groups is 1. The number of amides is 1. The molecule has 0 aliphatic carbocycles. The van der Waals surface area contributed by atoms with Crippen LogP contribution in [0.5, 0.6) is 5.75 Å². The molecule has 1 aliphatic rings. The van der Waals surface area contributed by atoms with Crippen molar-refractivity contribution in [3.63, 3.8) is 0 Å². The van der Waals surface area contributed by atoms with E-state index in [1.165, 1.54) is 13.3 Å². The highest BCUT2D eigenvalue weighted by atomic mass is 35.5. The van der Waals surface area contributed by atoms with Crippen molar-refractivity contribution in [1.82, 2.24) is 14.3 Å². The molecule has 0 saturated carbocycles. The molecule has 12 heteroatoms. The zero-order valence-electron chi connectivity index (χ0n) is 14.3. The van der Waals surface area contributed by atoms with Crippen molar-refractivity contribution in [2.24, 2.45) is 0 Å². The summed E-state index contributed by atoms with van der Waals surface area (Å²) >= 11 is 12.0. The maximum absolute atomic E-state index is 12.1. The fourth-order valence-electron chi connectivity index (χ4n) is 2.58. The number of aromatic nitrogens is 2. The van der Waals surface area contributed by atoms with Crippen molar-refractivity contribution in [1.29, 1.82) is 0 Å². The van der Waals surface area contributed by atoms with Crippen LogP contribution in [0, 0.1) is 0 Å². The number of nitrogens with one attached hydrogen (secondary N) is 2. The van der Waals surface area contributed by atoms with Gasteiger partial charge in [0.1, 0.15) is 10.8 Å². The van der Waals surface area contributed by atoms with Crippen LogP contribution in [-0.4, -0.2) is 48.5 Å². The van der Waals surface area contributed by atoms with Gasteiger partial charge in [-0.3, -0.25) is 4.79 Å². The number of nitrogens with zero attached hydrogens (tertiary/aromatic N) is 3. The fourth-order valence-corrected chi connectivity index (χ4v) is 3.57. The van der Waals surface area contributed by atoms with Crippen molar-refractivity contribution in [3.05, 3.63) is 34.2 Å².